The maximum atomic E-state index is 7.06. The first-order chi connectivity index (χ1) is 24.1. The number of ether oxygens (including phenoxy) is 3. The molecule has 50 heavy (non-hydrogen) atoms. The summed E-state index contributed by atoms with van der Waals surface area (Å²) in [7, 11) is 2.28. The summed E-state index contributed by atoms with van der Waals surface area (Å²) in [4.78, 5) is 2.50. The lowest BCUT2D eigenvalue weighted by Crippen LogP contribution is -2.58. The largest absolute Gasteiger partial charge is 0.378 e. The third-order valence-electron chi connectivity index (χ3n) is 13.3. The maximum Gasteiger partial charge on any atom is 0.0637 e. The van der Waals surface area contributed by atoms with Crippen LogP contribution in [0.2, 0.25) is 0 Å². The average molecular weight is 700 g/mol. The number of unbranched alkanes of at least 4 members (excludes halogenated alkanes) is 1. The van der Waals surface area contributed by atoms with Crippen LogP contribution in [0, 0.1) is 40.4 Å². The van der Waals surface area contributed by atoms with Gasteiger partial charge in [-0.05, 0) is 144 Å². The lowest BCUT2D eigenvalue weighted by molar-refractivity contribution is -0.185. The standard InChI is InChI=1S/C44H81N3O3/c1-9-12-29-49-40(11-3)42-38-23-22-37(34(4)19-16-28-47(8)33-35-20-14-13-15-21-35)44(38,7)41(50-31-18-27-46)32-39(42)43(5,6)25-24-36(10-2)48-30-17-26-45/h13-15,20-21,34,36-42H,9-12,16-19,22-33,45-46H2,1-8H3/t34-,36+,37-,38+,39+,40-,41+,42?,44-/m1/s1. The van der Waals surface area contributed by atoms with Crippen molar-refractivity contribution < 1.29 is 14.2 Å². The van der Waals surface area contributed by atoms with Gasteiger partial charge in [0.15, 0.2) is 0 Å². The number of fused-ring (bicyclic) bond motifs is 1. The molecule has 0 saturated heterocycles. The fourth-order valence-corrected chi connectivity index (χ4v) is 10.3. The topological polar surface area (TPSA) is 83.0 Å². The van der Waals surface area contributed by atoms with Gasteiger partial charge in [0.1, 0.15) is 0 Å². The van der Waals surface area contributed by atoms with E-state index in [1.54, 1.807) is 0 Å². The summed E-state index contributed by atoms with van der Waals surface area (Å²) >= 11 is 0. The summed E-state index contributed by atoms with van der Waals surface area (Å²) in [5, 5.41) is 0. The molecule has 1 aromatic carbocycles. The molecule has 0 amide bonds. The van der Waals surface area contributed by atoms with E-state index in [1.807, 2.05) is 0 Å². The van der Waals surface area contributed by atoms with Crippen LogP contribution in [0.5, 0.6) is 0 Å². The Morgan fingerprint density at radius 1 is 0.900 bits per heavy atom. The van der Waals surface area contributed by atoms with Gasteiger partial charge in [0.2, 0.25) is 0 Å². The predicted octanol–water partition coefficient (Wildman–Crippen LogP) is 9.48. The van der Waals surface area contributed by atoms with Crippen LogP contribution < -0.4 is 11.5 Å². The second-order valence-electron chi connectivity index (χ2n) is 17.2. The van der Waals surface area contributed by atoms with Crippen LogP contribution in [-0.4, -0.2) is 69.7 Å². The zero-order chi connectivity index (χ0) is 36.6. The van der Waals surface area contributed by atoms with E-state index < -0.39 is 0 Å². The van der Waals surface area contributed by atoms with Gasteiger partial charge < -0.3 is 30.6 Å². The van der Waals surface area contributed by atoms with Crippen molar-refractivity contribution in [2.45, 2.75) is 157 Å². The Morgan fingerprint density at radius 2 is 1.60 bits per heavy atom. The molecule has 1 aromatic rings. The molecule has 0 radical (unpaired) electrons. The van der Waals surface area contributed by atoms with Crippen LogP contribution in [0.15, 0.2) is 30.3 Å². The molecule has 2 fully saturated rings. The van der Waals surface area contributed by atoms with Crippen LogP contribution in [0.3, 0.4) is 0 Å². The molecule has 2 saturated carbocycles. The summed E-state index contributed by atoms with van der Waals surface area (Å²) in [6, 6.07) is 10.9. The first-order valence-corrected chi connectivity index (χ1v) is 21.0. The van der Waals surface area contributed by atoms with Crippen LogP contribution in [0.1, 0.15) is 138 Å². The summed E-state index contributed by atoms with van der Waals surface area (Å²) in [5.41, 5.74) is 13.5. The van der Waals surface area contributed by atoms with Crippen molar-refractivity contribution in [1.82, 2.24) is 4.90 Å². The molecule has 0 aromatic heterocycles. The molecule has 0 heterocycles. The van der Waals surface area contributed by atoms with E-state index in [2.05, 4.69) is 90.7 Å². The van der Waals surface area contributed by atoms with Crippen molar-refractivity contribution in [3.05, 3.63) is 35.9 Å². The van der Waals surface area contributed by atoms with Crippen molar-refractivity contribution in [2.75, 3.05) is 46.5 Å². The molecule has 2 aliphatic carbocycles. The van der Waals surface area contributed by atoms with Crippen LogP contribution in [-0.2, 0) is 20.8 Å². The predicted molar refractivity (Wildman–Crippen MR) is 212 cm³/mol. The molecule has 1 unspecified atom stereocenters. The molecule has 2 aliphatic rings. The van der Waals surface area contributed by atoms with Gasteiger partial charge in [0, 0.05) is 31.8 Å². The smallest absolute Gasteiger partial charge is 0.0637 e. The van der Waals surface area contributed by atoms with E-state index in [9.17, 15) is 0 Å². The number of hydrogen-bond acceptors (Lipinski definition) is 6. The number of rotatable bonds is 26. The Bertz CT molecular complexity index is 1020. The Balaban J connectivity index is 1.86. The molecular weight excluding hydrogens is 619 g/mol. The lowest BCUT2D eigenvalue weighted by Gasteiger charge is -2.59. The van der Waals surface area contributed by atoms with Crippen molar-refractivity contribution in [3.8, 4) is 0 Å². The molecule has 0 bridgehead atoms. The monoisotopic (exact) mass is 700 g/mol. The third kappa shape index (κ3) is 12.0. The van der Waals surface area contributed by atoms with Crippen LogP contribution in [0.4, 0.5) is 0 Å². The molecule has 9 atom stereocenters. The molecule has 4 N–H and O–H groups in total. The normalized spacial score (nSPS) is 27.4. The SMILES string of the molecule is CCCCO[C@H](CC)C1[C@@H](C(C)(C)CC[C@H](CC)OCCCN)C[C@H](OCCCN)[C@]2(C)[C@@H]([C@H](C)CCCN(C)Cc3ccccc3)CC[C@@H]12. The number of nitrogens with zero attached hydrogens (tertiary/aromatic N) is 1. The fourth-order valence-electron chi connectivity index (χ4n) is 10.3. The van der Waals surface area contributed by atoms with Gasteiger partial charge in [-0.3, -0.25) is 0 Å². The highest BCUT2D eigenvalue weighted by Gasteiger charge is 2.62. The number of benzene rings is 1. The highest BCUT2D eigenvalue weighted by molar-refractivity contribution is 5.14. The first-order valence-electron chi connectivity index (χ1n) is 21.0. The zero-order valence-electron chi connectivity index (χ0n) is 34.0. The molecule has 3 rings (SSSR count). The van der Waals surface area contributed by atoms with Gasteiger partial charge in [-0.15, -0.1) is 0 Å². The summed E-state index contributed by atoms with van der Waals surface area (Å²) in [6.45, 7) is 23.2. The van der Waals surface area contributed by atoms with Gasteiger partial charge in [0.05, 0.1) is 18.3 Å². The maximum absolute atomic E-state index is 7.06. The van der Waals surface area contributed by atoms with E-state index in [0.29, 0.717) is 54.9 Å². The number of hydrogen-bond donors (Lipinski definition) is 2. The highest BCUT2D eigenvalue weighted by Crippen LogP contribution is 2.65. The van der Waals surface area contributed by atoms with E-state index >= 15 is 0 Å². The van der Waals surface area contributed by atoms with E-state index in [0.717, 1.165) is 84.3 Å². The lowest BCUT2D eigenvalue weighted by atomic mass is 9.49. The molecule has 6 heteroatoms. The Hall–Kier alpha value is -1.02. The van der Waals surface area contributed by atoms with Crippen molar-refractivity contribution in [1.29, 1.82) is 0 Å². The zero-order valence-corrected chi connectivity index (χ0v) is 34.0. The summed E-state index contributed by atoms with van der Waals surface area (Å²) in [6.07, 6.45) is 15.7. The Kier molecular flexibility index (Phi) is 19.3. The van der Waals surface area contributed by atoms with Gasteiger partial charge >= 0.3 is 0 Å². The van der Waals surface area contributed by atoms with Crippen LogP contribution >= 0.6 is 0 Å². The minimum absolute atomic E-state index is 0.139. The van der Waals surface area contributed by atoms with E-state index in [-0.39, 0.29) is 16.9 Å². The molecule has 290 valence electrons. The van der Waals surface area contributed by atoms with E-state index in [4.69, 9.17) is 25.7 Å². The van der Waals surface area contributed by atoms with Gasteiger partial charge in [0.25, 0.3) is 0 Å². The highest BCUT2D eigenvalue weighted by atomic mass is 16.5. The Morgan fingerprint density at radius 3 is 2.26 bits per heavy atom. The number of nitrogens with two attached hydrogens (primary N) is 2. The minimum atomic E-state index is 0.139. The second-order valence-corrected chi connectivity index (χ2v) is 17.2. The minimum Gasteiger partial charge on any atom is -0.378 e. The molecular formula is C44H81N3O3. The molecule has 0 aliphatic heterocycles. The molecule has 0 spiro atoms. The first kappa shape index (κ1) is 43.4. The quantitative estimate of drug-likeness (QED) is 0.0938. The van der Waals surface area contributed by atoms with E-state index in [1.165, 1.54) is 37.7 Å². The van der Waals surface area contributed by atoms with Crippen LogP contribution in [0.25, 0.3) is 0 Å². The average Bonchev–Trinajstić information content (AvgIpc) is 3.46. The van der Waals surface area contributed by atoms with Crippen molar-refractivity contribution in [2.24, 2.45) is 51.9 Å². The second kappa shape index (κ2) is 22.3. The Labute approximate surface area is 309 Å². The summed E-state index contributed by atoms with van der Waals surface area (Å²) in [5.74, 6) is 3.01. The fraction of sp³-hybridized carbons (Fsp3) is 0.864. The van der Waals surface area contributed by atoms with Crippen molar-refractivity contribution in [3.63, 3.8) is 0 Å². The molecule has 6 nitrogen and oxygen atoms in total. The van der Waals surface area contributed by atoms with Gasteiger partial charge in [-0.1, -0.05) is 85.2 Å². The van der Waals surface area contributed by atoms with Gasteiger partial charge in [-0.25, -0.2) is 0 Å². The van der Waals surface area contributed by atoms with Gasteiger partial charge in [-0.2, -0.15) is 0 Å². The summed E-state index contributed by atoms with van der Waals surface area (Å²) < 4.78 is 20.3. The third-order valence-corrected chi connectivity index (χ3v) is 13.3. The van der Waals surface area contributed by atoms with Crippen molar-refractivity contribution >= 4 is 0 Å².